The highest BCUT2D eigenvalue weighted by molar-refractivity contribution is 6.06. The third kappa shape index (κ3) is 5.41. The maximum atomic E-state index is 13.0. The number of benzene rings is 3. The number of nitrogens with one attached hydrogen (secondary N) is 1. The molecule has 1 amide bonds. The van der Waals surface area contributed by atoms with Gasteiger partial charge in [0.1, 0.15) is 18.2 Å². The van der Waals surface area contributed by atoms with Crippen molar-refractivity contribution < 1.29 is 13.9 Å². The molecule has 1 aliphatic rings. The van der Waals surface area contributed by atoms with E-state index >= 15 is 0 Å². The lowest BCUT2D eigenvalue weighted by Gasteiger charge is -2.35. The lowest BCUT2D eigenvalue weighted by molar-refractivity contribution is 0.102. The normalized spacial score (nSPS) is 14.3. The molecule has 0 bridgehead atoms. The Hall–Kier alpha value is -3.38. The van der Waals surface area contributed by atoms with Crippen LogP contribution in [0, 0.1) is 5.82 Å². The number of anilines is 2. The fraction of sp³-hybridized carbons (Fsp3) is 0.240. The lowest BCUT2D eigenvalue weighted by atomic mass is 10.1. The Morgan fingerprint density at radius 1 is 0.968 bits per heavy atom. The molecule has 0 spiro atoms. The number of likely N-dealkylation sites (N-methyl/N-ethyl adjacent to an activating group) is 1. The smallest absolute Gasteiger partial charge is 0.255 e. The maximum Gasteiger partial charge on any atom is 0.255 e. The van der Waals surface area contributed by atoms with Crippen LogP contribution in [0.25, 0.3) is 0 Å². The Bertz CT molecular complexity index is 1030. The largest absolute Gasteiger partial charge is 0.489 e. The van der Waals surface area contributed by atoms with Gasteiger partial charge in [-0.25, -0.2) is 4.39 Å². The van der Waals surface area contributed by atoms with E-state index in [0.717, 1.165) is 43.1 Å². The number of hydrogen-bond acceptors (Lipinski definition) is 4. The van der Waals surface area contributed by atoms with Crippen molar-refractivity contribution >= 4 is 17.3 Å². The zero-order valence-corrected chi connectivity index (χ0v) is 17.6. The van der Waals surface area contributed by atoms with Crippen LogP contribution in [0.4, 0.5) is 15.8 Å². The van der Waals surface area contributed by atoms with Gasteiger partial charge >= 0.3 is 0 Å². The summed E-state index contributed by atoms with van der Waals surface area (Å²) >= 11 is 0. The molecule has 0 saturated carbocycles. The van der Waals surface area contributed by atoms with E-state index in [4.69, 9.17) is 4.74 Å². The summed E-state index contributed by atoms with van der Waals surface area (Å²) < 4.78 is 18.8. The predicted molar refractivity (Wildman–Crippen MR) is 121 cm³/mol. The van der Waals surface area contributed by atoms with Crippen LogP contribution in [0.2, 0.25) is 0 Å². The van der Waals surface area contributed by atoms with E-state index in [0.29, 0.717) is 17.9 Å². The fourth-order valence-electron chi connectivity index (χ4n) is 3.57. The van der Waals surface area contributed by atoms with Crippen molar-refractivity contribution in [1.29, 1.82) is 0 Å². The number of carbonyl (C=O) groups excluding carboxylic acids is 1. The van der Waals surface area contributed by atoms with Crippen molar-refractivity contribution in [3.8, 4) is 5.75 Å². The van der Waals surface area contributed by atoms with E-state index in [9.17, 15) is 9.18 Å². The van der Waals surface area contributed by atoms with Gasteiger partial charge in [0.25, 0.3) is 5.91 Å². The molecule has 0 aliphatic carbocycles. The van der Waals surface area contributed by atoms with Gasteiger partial charge in [-0.3, -0.25) is 4.79 Å². The second-order valence-electron chi connectivity index (χ2n) is 7.70. The Balaban J connectivity index is 1.43. The van der Waals surface area contributed by atoms with Crippen LogP contribution in [0.1, 0.15) is 15.9 Å². The van der Waals surface area contributed by atoms with Gasteiger partial charge in [0, 0.05) is 31.7 Å². The molecule has 1 fully saturated rings. The number of rotatable bonds is 6. The number of nitrogens with zero attached hydrogens (tertiary/aromatic N) is 2. The van der Waals surface area contributed by atoms with Crippen molar-refractivity contribution in [2.24, 2.45) is 0 Å². The average Bonchev–Trinajstić information content (AvgIpc) is 2.80. The van der Waals surface area contributed by atoms with Gasteiger partial charge in [-0.05, 0) is 55.1 Å². The van der Waals surface area contributed by atoms with Crippen LogP contribution >= 0.6 is 0 Å². The second-order valence-corrected chi connectivity index (χ2v) is 7.70. The highest BCUT2D eigenvalue weighted by atomic mass is 19.1. The van der Waals surface area contributed by atoms with Crippen LogP contribution in [-0.4, -0.2) is 44.0 Å². The maximum absolute atomic E-state index is 13.0. The van der Waals surface area contributed by atoms with E-state index < -0.39 is 0 Å². The van der Waals surface area contributed by atoms with Crippen LogP contribution in [0.15, 0.2) is 72.8 Å². The van der Waals surface area contributed by atoms with Crippen LogP contribution in [0.3, 0.4) is 0 Å². The number of piperazine rings is 1. The highest BCUT2D eigenvalue weighted by Crippen LogP contribution is 2.27. The van der Waals surface area contributed by atoms with E-state index in [1.54, 1.807) is 36.4 Å². The Kier molecular flexibility index (Phi) is 6.48. The van der Waals surface area contributed by atoms with Crippen LogP contribution in [0.5, 0.6) is 5.75 Å². The van der Waals surface area contributed by atoms with Crippen LogP contribution in [-0.2, 0) is 6.61 Å². The zero-order chi connectivity index (χ0) is 21.6. The molecule has 1 aliphatic heterocycles. The zero-order valence-electron chi connectivity index (χ0n) is 17.6. The molecule has 1 N–H and O–H groups in total. The molecule has 0 atom stereocenters. The van der Waals surface area contributed by atoms with E-state index in [2.05, 4.69) is 22.2 Å². The molecule has 3 aromatic carbocycles. The first-order valence-electron chi connectivity index (χ1n) is 10.4. The Morgan fingerprint density at radius 3 is 2.48 bits per heavy atom. The molecule has 0 radical (unpaired) electrons. The topological polar surface area (TPSA) is 44.8 Å². The molecule has 160 valence electrons. The van der Waals surface area contributed by atoms with Crippen molar-refractivity contribution in [3.05, 3.63) is 89.7 Å². The van der Waals surface area contributed by atoms with E-state index in [1.807, 2.05) is 24.3 Å². The molecule has 0 unspecified atom stereocenters. The first-order valence-corrected chi connectivity index (χ1v) is 10.4. The number of halogens is 1. The van der Waals surface area contributed by atoms with Crippen molar-refractivity contribution in [3.63, 3.8) is 0 Å². The second kappa shape index (κ2) is 9.62. The van der Waals surface area contributed by atoms with E-state index in [-0.39, 0.29) is 11.7 Å². The Labute approximate surface area is 182 Å². The standard InChI is InChI=1S/C25H26FN3O2/c1-28-13-15-29(16-14-28)24-8-3-2-7-23(24)27-25(30)20-5-4-6-22(17-20)31-18-19-9-11-21(26)12-10-19/h2-12,17H,13-16,18H2,1H3,(H,27,30). The van der Waals surface area contributed by atoms with Gasteiger partial charge in [0.2, 0.25) is 0 Å². The number of ether oxygens (including phenoxy) is 1. The molecule has 3 aromatic rings. The van der Waals surface area contributed by atoms with Crippen molar-refractivity contribution in [2.45, 2.75) is 6.61 Å². The summed E-state index contributed by atoms with van der Waals surface area (Å²) in [6, 6.07) is 21.1. The summed E-state index contributed by atoms with van der Waals surface area (Å²) in [6.07, 6.45) is 0. The van der Waals surface area contributed by atoms with Crippen molar-refractivity contribution in [1.82, 2.24) is 4.90 Å². The molecule has 4 rings (SSSR count). The number of amides is 1. The van der Waals surface area contributed by atoms with Crippen molar-refractivity contribution in [2.75, 3.05) is 43.4 Å². The molecular weight excluding hydrogens is 393 g/mol. The number of para-hydroxylation sites is 2. The summed E-state index contributed by atoms with van der Waals surface area (Å²) in [6.45, 7) is 4.15. The predicted octanol–water partition coefficient (Wildman–Crippen LogP) is 4.41. The van der Waals surface area contributed by atoms with E-state index in [1.165, 1.54) is 12.1 Å². The minimum atomic E-state index is -0.278. The molecule has 5 nitrogen and oxygen atoms in total. The number of carbonyl (C=O) groups is 1. The monoisotopic (exact) mass is 419 g/mol. The summed E-state index contributed by atoms with van der Waals surface area (Å²) in [5.41, 5.74) is 3.21. The van der Waals surface area contributed by atoms with Gasteiger partial charge in [-0.1, -0.05) is 30.3 Å². The quantitative estimate of drug-likeness (QED) is 0.643. The van der Waals surface area contributed by atoms with Gasteiger partial charge in [-0.2, -0.15) is 0 Å². The lowest BCUT2D eigenvalue weighted by Crippen LogP contribution is -2.44. The SMILES string of the molecule is CN1CCN(c2ccccc2NC(=O)c2cccc(OCc3ccc(F)cc3)c2)CC1. The first kappa shape index (κ1) is 20.9. The first-order chi connectivity index (χ1) is 15.1. The third-order valence-corrected chi connectivity index (χ3v) is 5.41. The minimum absolute atomic E-state index is 0.186. The fourth-order valence-corrected chi connectivity index (χ4v) is 3.57. The van der Waals surface area contributed by atoms with Gasteiger partial charge < -0.3 is 19.9 Å². The molecule has 1 saturated heterocycles. The van der Waals surface area contributed by atoms with Gasteiger partial charge in [0.05, 0.1) is 11.4 Å². The molecule has 6 heteroatoms. The molecule has 1 heterocycles. The van der Waals surface area contributed by atoms with Gasteiger partial charge in [0.15, 0.2) is 0 Å². The van der Waals surface area contributed by atoms with Crippen LogP contribution < -0.4 is 15.0 Å². The molecule has 0 aromatic heterocycles. The summed E-state index contributed by atoms with van der Waals surface area (Å²) in [5.74, 6) is 0.123. The molecule has 31 heavy (non-hydrogen) atoms. The Morgan fingerprint density at radius 2 is 1.71 bits per heavy atom. The summed E-state index contributed by atoms with van der Waals surface area (Å²) in [7, 11) is 2.12. The van der Waals surface area contributed by atoms with Gasteiger partial charge in [-0.15, -0.1) is 0 Å². The number of hydrogen-bond donors (Lipinski definition) is 1. The highest BCUT2D eigenvalue weighted by Gasteiger charge is 2.18. The third-order valence-electron chi connectivity index (χ3n) is 5.41. The minimum Gasteiger partial charge on any atom is -0.489 e. The summed E-state index contributed by atoms with van der Waals surface area (Å²) in [5, 5.41) is 3.05. The summed E-state index contributed by atoms with van der Waals surface area (Å²) in [4.78, 5) is 17.5. The average molecular weight is 420 g/mol. The molecular formula is C25H26FN3O2.